The number of carbonyl (C=O) groups excluding carboxylic acids is 1. The Morgan fingerprint density at radius 1 is 1.02 bits per heavy atom. The molecule has 2 aliphatic rings. The third-order valence-corrected chi connectivity index (χ3v) is 9.20. The SMILES string of the molecule is CC[C@@]1(CNC(=S)NC(=O)OCC2c3ccccc3-c3ccccc32)O[C@@H](n2cc(C)c(=O)[nH]c2=O)C(N)[C@H]1OCc1ccccc1. The molecule has 47 heavy (non-hydrogen) atoms. The number of H-pyrrole nitrogens is 1. The zero-order chi connectivity index (χ0) is 33.1. The second kappa shape index (κ2) is 13.6. The minimum Gasteiger partial charge on any atom is -0.448 e. The molecule has 1 fully saturated rings. The molecule has 0 radical (unpaired) electrons. The number of aryl methyl sites for hydroxylation is 1. The second-order valence-corrected chi connectivity index (χ2v) is 12.2. The summed E-state index contributed by atoms with van der Waals surface area (Å²) in [7, 11) is 0. The first-order chi connectivity index (χ1) is 22.7. The quantitative estimate of drug-likeness (QED) is 0.197. The Kier molecular flexibility index (Phi) is 9.37. The molecule has 1 unspecified atom stereocenters. The van der Waals surface area contributed by atoms with Crippen LogP contribution in [-0.4, -0.2) is 51.7 Å². The summed E-state index contributed by atoms with van der Waals surface area (Å²) < 4.78 is 19.9. The van der Waals surface area contributed by atoms with Crippen LogP contribution >= 0.6 is 12.2 Å². The standard InChI is InChI=1S/C35H37N5O6S/c1-3-35(20-37-32(47)39-34(43)45-19-27-25-15-9-7-13-23(25)24-14-8-10-16-26(24)27)29(44-18-22-11-5-4-6-12-22)28(36)31(46-35)40-17-21(2)30(41)38-33(40)42/h4-17,27-29,31H,3,18-20,36H2,1-2H3,(H,38,41,42)(H2,37,39,43,47)/t28?,29-,31-,35+/m1/s1. The number of hydrogen-bond acceptors (Lipinski definition) is 8. The van der Waals surface area contributed by atoms with E-state index in [1.807, 2.05) is 61.5 Å². The van der Waals surface area contributed by atoms with Crippen molar-refractivity contribution in [1.82, 2.24) is 20.2 Å². The molecule has 1 amide bonds. The zero-order valence-corrected chi connectivity index (χ0v) is 26.9. The molecule has 0 spiro atoms. The lowest BCUT2D eigenvalue weighted by molar-refractivity contribution is -0.119. The van der Waals surface area contributed by atoms with Crippen molar-refractivity contribution in [2.75, 3.05) is 13.2 Å². The van der Waals surface area contributed by atoms with Crippen LogP contribution in [-0.2, 0) is 20.8 Å². The van der Waals surface area contributed by atoms with E-state index in [1.54, 1.807) is 6.92 Å². The van der Waals surface area contributed by atoms with Crippen molar-refractivity contribution in [1.29, 1.82) is 0 Å². The smallest absolute Gasteiger partial charge is 0.413 e. The van der Waals surface area contributed by atoms with Crippen LogP contribution in [0.3, 0.4) is 0 Å². The summed E-state index contributed by atoms with van der Waals surface area (Å²) in [5.41, 5.74) is 10.3. The van der Waals surface area contributed by atoms with Gasteiger partial charge in [-0.3, -0.25) is 19.7 Å². The molecule has 1 aliphatic carbocycles. The minimum absolute atomic E-state index is 0.0366. The Hall–Kier alpha value is -4.62. The first-order valence-corrected chi connectivity index (χ1v) is 15.9. The maximum Gasteiger partial charge on any atom is 0.413 e. The van der Waals surface area contributed by atoms with E-state index in [0.717, 1.165) is 27.8 Å². The first kappa shape index (κ1) is 32.3. The number of amides is 1. The number of thiocarbonyl (C=S) groups is 1. The molecule has 0 bridgehead atoms. The average Bonchev–Trinajstić information content (AvgIpc) is 3.55. The molecule has 1 saturated heterocycles. The Morgan fingerprint density at radius 2 is 1.66 bits per heavy atom. The van der Waals surface area contributed by atoms with E-state index in [-0.39, 0.29) is 30.8 Å². The summed E-state index contributed by atoms with van der Waals surface area (Å²) in [6.07, 6.45) is -0.466. The van der Waals surface area contributed by atoms with Crippen LogP contribution in [0.25, 0.3) is 11.1 Å². The fraction of sp³-hybridized carbons (Fsp3) is 0.314. The normalized spacial score (nSPS) is 21.6. The molecule has 4 atom stereocenters. The number of nitrogens with zero attached hydrogens (tertiary/aromatic N) is 1. The first-order valence-electron chi connectivity index (χ1n) is 15.5. The minimum atomic E-state index is -1.06. The third-order valence-electron chi connectivity index (χ3n) is 8.95. The van der Waals surface area contributed by atoms with Gasteiger partial charge in [0.2, 0.25) is 0 Å². The summed E-state index contributed by atoms with van der Waals surface area (Å²) in [5.74, 6) is -0.0918. The second-order valence-electron chi connectivity index (χ2n) is 11.8. The molecule has 1 aromatic heterocycles. The molecule has 2 heterocycles. The highest BCUT2D eigenvalue weighted by molar-refractivity contribution is 7.80. The molecule has 244 valence electrons. The molecular weight excluding hydrogens is 618 g/mol. The van der Waals surface area contributed by atoms with E-state index in [9.17, 15) is 14.4 Å². The van der Waals surface area contributed by atoms with Crippen LogP contribution in [0, 0.1) is 6.92 Å². The van der Waals surface area contributed by atoms with Crippen molar-refractivity contribution in [2.45, 2.75) is 56.8 Å². The van der Waals surface area contributed by atoms with Gasteiger partial charge in [0.1, 0.15) is 18.3 Å². The number of hydrogen-bond donors (Lipinski definition) is 4. The summed E-state index contributed by atoms with van der Waals surface area (Å²) >= 11 is 5.48. The van der Waals surface area contributed by atoms with E-state index >= 15 is 0 Å². The molecule has 12 heteroatoms. The van der Waals surface area contributed by atoms with Crippen LogP contribution < -0.4 is 27.6 Å². The van der Waals surface area contributed by atoms with Crippen molar-refractivity contribution in [3.05, 3.63) is 128 Å². The van der Waals surface area contributed by atoms with Crippen LogP contribution in [0.4, 0.5) is 4.79 Å². The lowest BCUT2D eigenvalue weighted by atomic mass is 9.91. The van der Waals surface area contributed by atoms with Crippen molar-refractivity contribution >= 4 is 23.4 Å². The molecule has 5 N–H and O–H groups in total. The molecule has 3 aromatic carbocycles. The van der Waals surface area contributed by atoms with Gasteiger partial charge in [-0.05, 0) is 53.4 Å². The molecule has 0 saturated carbocycles. The van der Waals surface area contributed by atoms with Gasteiger partial charge in [0, 0.05) is 24.2 Å². The Morgan fingerprint density at radius 3 is 2.32 bits per heavy atom. The number of aromatic amines is 1. The number of aromatic nitrogens is 2. The van der Waals surface area contributed by atoms with Crippen molar-refractivity contribution in [2.24, 2.45) is 5.73 Å². The van der Waals surface area contributed by atoms with Crippen LogP contribution in [0.15, 0.2) is 94.6 Å². The predicted molar refractivity (Wildman–Crippen MR) is 181 cm³/mol. The number of alkyl carbamates (subject to hydrolysis) is 1. The Bertz CT molecular complexity index is 1850. The zero-order valence-electron chi connectivity index (χ0n) is 26.1. The van der Waals surface area contributed by atoms with Gasteiger partial charge >= 0.3 is 11.8 Å². The number of carbonyl (C=O) groups is 1. The fourth-order valence-electron chi connectivity index (χ4n) is 6.48. The highest BCUT2D eigenvalue weighted by Gasteiger charge is 2.54. The summed E-state index contributed by atoms with van der Waals surface area (Å²) in [5, 5.41) is 5.72. The topological polar surface area (TPSA) is 150 Å². The summed E-state index contributed by atoms with van der Waals surface area (Å²) in [6.45, 7) is 4.01. The van der Waals surface area contributed by atoms with Gasteiger partial charge in [0.15, 0.2) is 11.3 Å². The molecule has 1 aliphatic heterocycles. The Labute approximate surface area is 277 Å². The molecule has 6 rings (SSSR count). The number of fused-ring (bicyclic) bond motifs is 3. The fourth-order valence-corrected chi connectivity index (χ4v) is 6.64. The van der Waals surface area contributed by atoms with Crippen LogP contribution in [0.2, 0.25) is 0 Å². The van der Waals surface area contributed by atoms with Crippen LogP contribution in [0.1, 0.15) is 47.7 Å². The maximum absolute atomic E-state index is 12.9. The van der Waals surface area contributed by atoms with Crippen LogP contribution in [0.5, 0.6) is 0 Å². The van der Waals surface area contributed by atoms with E-state index in [1.165, 1.54) is 10.8 Å². The van der Waals surface area contributed by atoms with Crippen molar-refractivity contribution < 1.29 is 19.0 Å². The molecule has 11 nitrogen and oxygen atoms in total. The number of nitrogens with two attached hydrogens (primary N) is 1. The maximum atomic E-state index is 12.9. The van der Waals surface area contributed by atoms with Gasteiger partial charge in [0.05, 0.1) is 12.6 Å². The lowest BCUT2D eigenvalue weighted by Crippen LogP contribution is -2.55. The third kappa shape index (κ3) is 6.50. The molecular formula is C35H37N5O6S. The largest absolute Gasteiger partial charge is 0.448 e. The van der Waals surface area contributed by atoms with E-state index < -0.39 is 41.3 Å². The number of benzene rings is 3. The molecule has 4 aromatic rings. The number of nitrogens with one attached hydrogen (secondary N) is 3. The summed E-state index contributed by atoms with van der Waals surface area (Å²) in [4.78, 5) is 40.1. The highest BCUT2D eigenvalue weighted by Crippen LogP contribution is 2.44. The van der Waals surface area contributed by atoms with Crippen molar-refractivity contribution in [3.8, 4) is 11.1 Å². The predicted octanol–water partition coefficient (Wildman–Crippen LogP) is 3.85. The van der Waals surface area contributed by atoms with Gasteiger partial charge in [-0.2, -0.15) is 0 Å². The van der Waals surface area contributed by atoms with E-state index in [4.69, 9.17) is 32.2 Å². The summed E-state index contributed by atoms with van der Waals surface area (Å²) in [6, 6.07) is 25.0. The van der Waals surface area contributed by atoms with Gasteiger partial charge in [0.25, 0.3) is 5.56 Å². The van der Waals surface area contributed by atoms with Gasteiger partial charge in [-0.1, -0.05) is 85.8 Å². The van der Waals surface area contributed by atoms with Gasteiger partial charge in [-0.25, -0.2) is 9.59 Å². The van der Waals surface area contributed by atoms with Gasteiger partial charge in [-0.15, -0.1) is 0 Å². The average molecular weight is 656 g/mol. The monoisotopic (exact) mass is 655 g/mol. The van der Waals surface area contributed by atoms with Gasteiger partial charge < -0.3 is 25.3 Å². The highest BCUT2D eigenvalue weighted by atomic mass is 32.1. The lowest BCUT2D eigenvalue weighted by Gasteiger charge is -2.34. The van der Waals surface area contributed by atoms with E-state index in [0.29, 0.717) is 12.0 Å². The Balaban J connectivity index is 1.14. The van der Waals surface area contributed by atoms with E-state index in [2.05, 4.69) is 39.9 Å². The van der Waals surface area contributed by atoms with Crippen molar-refractivity contribution in [3.63, 3.8) is 0 Å². The number of ether oxygens (including phenoxy) is 3. The number of rotatable bonds is 9.